The van der Waals surface area contributed by atoms with Gasteiger partial charge in [-0.15, -0.1) is 0 Å². The van der Waals surface area contributed by atoms with Gasteiger partial charge >= 0.3 is 48.0 Å². The zero-order chi connectivity index (χ0) is 4.99. The van der Waals surface area contributed by atoms with Crippen molar-refractivity contribution in [3.8, 4) is 0 Å². The van der Waals surface area contributed by atoms with Gasteiger partial charge in [0, 0.05) is 0 Å². The first kappa shape index (κ1) is 6.54. The molecule has 0 bridgehead atoms. The standard InChI is InChI=1S/C3H8NO.Zn/c1-4(2)3-5;/h3H2,1-2H3;/q-1;+1. The summed E-state index contributed by atoms with van der Waals surface area (Å²) in [6.07, 6.45) is 0. The van der Waals surface area contributed by atoms with E-state index in [0.717, 1.165) is 25.4 Å². The van der Waals surface area contributed by atoms with Gasteiger partial charge in [0.05, 0.1) is 0 Å². The van der Waals surface area contributed by atoms with Crippen LogP contribution in [0.3, 0.4) is 0 Å². The Balaban J connectivity index is 2.63. The summed E-state index contributed by atoms with van der Waals surface area (Å²) in [7, 11) is 3.96. The zero-order valence-electron chi connectivity index (χ0n) is 4.27. The molecule has 0 aliphatic rings. The molecule has 2 nitrogen and oxygen atoms in total. The van der Waals surface area contributed by atoms with Crippen molar-refractivity contribution in [3.63, 3.8) is 0 Å². The first-order chi connectivity index (χ1) is 2.77. The van der Waals surface area contributed by atoms with Gasteiger partial charge in [-0.3, -0.25) is 0 Å². The second-order valence-electron chi connectivity index (χ2n) is 1.41. The first-order valence-electron chi connectivity index (χ1n) is 1.79. The molecule has 0 aliphatic heterocycles. The van der Waals surface area contributed by atoms with Gasteiger partial charge in [-0.25, -0.2) is 0 Å². The van der Waals surface area contributed by atoms with Gasteiger partial charge in [-0.2, -0.15) is 0 Å². The molecule has 0 aliphatic carbocycles. The van der Waals surface area contributed by atoms with Crippen LogP contribution >= 0.6 is 0 Å². The number of rotatable bonds is 2. The molecule has 0 atom stereocenters. The molecule has 0 saturated carbocycles. The average molecular weight is 139 g/mol. The van der Waals surface area contributed by atoms with Crippen LogP contribution in [0.4, 0.5) is 0 Å². The van der Waals surface area contributed by atoms with Crippen LogP contribution in [0, 0.1) is 0 Å². The molecule has 33 valence electrons. The van der Waals surface area contributed by atoms with Gasteiger partial charge < -0.3 is 0 Å². The molecule has 0 N–H and O–H groups in total. The van der Waals surface area contributed by atoms with Gasteiger partial charge in [0.2, 0.25) is 0 Å². The maximum atomic E-state index is 4.85. The number of nitrogens with zero attached hydrogens (tertiary/aromatic N) is 1. The van der Waals surface area contributed by atoms with Crippen molar-refractivity contribution < 1.29 is 22.2 Å². The predicted octanol–water partition coefficient (Wildman–Crippen LogP) is -0.0161. The van der Waals surface area contributed by atoms with Crippen LogP contribution in [0.15, 0.2) is 0 Å². The van der Waals surface area contributed by atoms with Crippen LogP contribution in [0.5, 0.6) is 0 Å². The van der Waals surface area contributed by atoms with E-state index in [1.54, 1.807) is 0 Å². The molecular formula is C3H8NOZn. The second kappa shape index (κ2) is 3.72. The Labute approximate surface area is 48.5 Å². The third kappa shape index (κ3) is 4.54. The Bertz CT molecular complexity index is 32.0. The molecule has 0 rings (SSSR count). The fourth-order valence-corrected chi connectivity index (χ4v) is 0.949. The van der Waals surface area contributed by atoms with Crippen molar-refractivity contribution in [3.05, 3.63) is 0 Å². The fourth-order valence-electron chi connectivity index (χ4n) is 0.183. The van der Waals surface area contributed by atoms with E-state index in [4.69, 9.17) is 3.56 Å². The third-order valence-corrected chi connectivity index (χ3v) is 0.733. The molecular weight excluding hydrogens is 131 g/mol. The van der Waals surface area contributed by atoms with Crippen LogP contribution in [-0.2, 0) is 22.2 Å². The van der Waals surface area contributed by atoms with E-state index in [1.807, 2.05) is 19.0 Å². The van der Waals surface area contributed by atoms with Crippen LogP contribution < -0.4 is 0 Å². The SMILES string of the molecule is CN(C)C[O][Zn]. The molecule has 0 aromatic carbocycles. The minimum atomic E-state index is 0.764. The molecule has 0 spiro atoms. The zero-order valence-corrected chi connectivity index (χ0v) is 7.24. The van der Waals surface area contributed by atoms with Crippen molar-refractivity contribution in [1.82, 2.24) is 4.90 Å². The number of hydrogen-bond acceptors (Lipinski definition) is 2. The summed E-state index contributed by atoms with van der Waals surface area (Å²) >= 11 is 0.929. The molecule has 0 unspecified atom stereocenters. The molecule has 0 heterocycles. The van der Waals surface area contributed by atoms with E-state index in [1.165, 1.54) is 0 Å². The van der Waals surface area contributed by atoms with Crippen molar-refractivity contribution in [2.24, 2.45) is 0 Å². The maximum absolute atomic E-state index is 4.85. The van der Waals surface area contributed by atoms with E-state index in [0.29, 0.717) is 0 Å². The van der Waals surface area contributed by atoms with E-state index in [-0.39, 0.29) is 0 Å². The normalized spacial score (nSPS) is 10.2. The first-order valence-corrected chi connectivity index (χ1v) is 3.00. The summed E-state index contributed by atoms with van der Waals surface area (Å²) in [5.74, 6) is 0. The van der Waals surface area contributed by atoms with Crippen LogP contribution in [-0.4, -0.2) is 25.7 Å². The summed E-state index contributed by atoms with van der Waals surface area (Å²) in [5, 5.41) is 0. The van der Waals surface area contributed by atoms with E-state index < -0.39 is 0 Å². The molecule has 0 fully saturated rings. The molecule has 0 aromatic heterocycles. The minimum absolute atomic E-state index is 0.764. The summed E-state index contributed by atoms with van der Waals surface area (Å²) in [6.45, 7) is 0.764. The Morgan fingerprint density at radius 2 is 2.17 bits per heavy atom. The Kier molecular flexibility index (Phi) is 4.06. The molecule has 0 radical (unpaired) electrons. The quantitative estimate of drug-likeness (QED) is 0.394. The van der Waals surface area contributed by atoms with Crippen LogP contribution in [0.1, 0.15) is 0 Å². The summed E-state index contributed by atoms with van der Waals surface area (Å²) in [5.41, 5.74) is 0. The average Bonchev–Trinajstić information content (AvgIpc) is 1.35. The molecule has 6 heavy (non-hydrogen) atoms. The van der Waals surface area contributed by atoms with E-state index >= 15 is 0 Å². The van der Waals surface area contributed by atoms with Crippen molar-refractivity contribution in [2.75, 3.05) is 20.8 Å². The fraction of sp³-hybridized carbons (Fsp3) is 1.00. The molecule has 3 heteroatoms. The number of hydrogen-bond donors (Lipinski definition) is 0. The van der Waals surface area contributed by atoms with Crippen LogP contribution in [0.2, 0.25) is 0 Å². The predicted molar refractivity (Wildman–Crippen MR) is 19.6 cm³/mol. The molecule has 0 aromatic rings. The Morgan fingerprint density at radius 1 is 1.67 bits per heavy atom. The monoisotopic (exact) mass is 138 g/mol. The van der Waals surface area contributed by atoms with Gasteiger partial charge in [-0.1, -0.05) is 0 Å². The van der Waals surface area contributed by atoms with Crippen molar-refractivity contribution in [2.45, 2.75) is 0 Å². The molecule has 0 amide bonds. The third-order valence-electron chi connectivity index (χ3n) is 0.349. The van der Waals surface area contributed by atoms with Crippen LogP contribution in [0.25, 0.3) is 0 Å². The Morgan fingerprint density at radius 3 is 2.17 bits per heavy atom. The summed E-state index contributed by atoms with van der Waals surface area (Å²) in [4.78, 5) is 1.99. The van der Waals surface area contributed by atoms with Crippen molar-refractivity contribution >= 4 is 0 Å². The second-order valence-corrected chi connectivity index (χ2v) is 2.27. The Hall–Kier alpha value is 0.543. The summed E-state index contributed by atoms with van der Waals surface area (Å²) < 4.78 is 4.85. The van der Waals surface area contributed by atoms with Gasteiger partial charge in [0.25, 0.3) is 0 Å². The van der Waals surface area contributed by atoms with E-state index in [9.17, 15) is 0 Å². The summed E-state index contributed by atoms with van der Waals surface area (Å²) in [6, 6.07) is 0. The van der Waals surface area contributed by atoms with Gasteiger partial charge in [0.15, 0.2) is 0 Å². The topological polar surface area (TPSA) is 12.5 Å². The molecule has 0 saturated heterocycles. The van der Waals surface area contributed by atoms with Gasteiger partial charge in [-0.05, 0) is 0 Å². The van der Waals surface area contributed by atoms with Crippen molar-refractivity contribution in [1.29, 1.82) is 0 Å². The van der Waals surface area contributed by atoms with E-state index in [2.05, 4.69) is 0 Å². The van der Waals surface area contributed by atoms with Gasteiger partial charge in [0.1, 0.15) is 0 Å².